The van der Waals surface area contributed by atoms with Crippen LogP contribution in [-0.4, -0.2) is 19.8 Å². The van der Waals surface area contributed by atoms with Crippen LogP contribution in [0.25, 0.3) is 0 Å². The Morgan fingerprint density at radius 1 is 1.00 bits per heavy atom. The van der Waals surface area contributed by atoms with Gasteiger partial charge >= 0.3 is 0 Å². The Morgan fingerprint density at radius 3 is 2.14 bits per heavy atom. The summed E-state index contributed by atoms with van der Waals surface area (Å²) in [7, 11) is -1.91. The maximum Gasteiger partial charge on any atom is 0.244 e. The fraction of sp³-hybridized carbons (Fsp3) is 0.250. The van der Waals surface area contributed by atoms with Crippen LogP contribution in [0.5, 0.6) is 0 Å². The minimum absolute atomic E-state index is 0.294. The van der Waals surface area contributed by atoms with E-state index in [1.807, 2.05) is 44.2 Å². The zero-order valence-electron chi connectivity index (χ0n) is 12.3. The van der Waals surface area contributed by atoms with E-state index >= 15 is 0 Å². The Labute approximate surface area is 134 Å². The van der Waals surface area contributed by atoms with E-state index in [9.17, 15) is 8.42 Å². The fourth-order valence-electron chi connectivity index (χ4n) is 2.02. The number of nitrogens with zero attached hydrogens (tertiary/aromatic N) is 1. The van der Waals surface area contributed by atoms with Gasteiger partial charge in [0.15, 0.2) is 0 Å². The minimum atomic E-state index is -3.51. The number of rotatable bonds is 4. The molecule has 0 fully saturated rings. The van der Waals surface area contributed by atoms with Gasteiger partial charge in [0.05, 0.1) is 4.90 Å². The summed E-state index contributed by atoms with van der Waals surface area (Å²) >= 11 is 3.34. The Morgan fingerprint density at radius 2 is 1.57 bits per heavy atom. The molecule has 2 aromatic rings. The lowest BCUT2D eigenvalue weighted by Crippen LogP contribution is -2.26. The molecule has 112 valence electrons. The van der Waals surface area contributed by atoms with Gasteiger partial charge in [-0.3, -0.25) is 0 Å². The summed E-state index contributed by atoms with van der Waals surface area (Å²) in [5.41, 5.74) is 3.14. The maximum atomic E-state index is 12.6. The number of sulfonamides is 1. The van der Waals surface area contributed by atoms with Gasteiger partial charge in [0.25, 0.3) is 0 Å². The molecule has 0 aliphatic rings. The Balaban J connectivity index is 2.28. The van der Waals surface area contributed by atoms with E-state index in [0.29, 0.717) is 15.9 Å². The van der Waals surface area contributed by atoms with Crippen LogP contribution in [0.2, 0.25) is 0 Å². The standard InChI is InChI=1S/C16H18BrNO2S/c1-12-4-7-14(8-5-12)11-18(3)21(19,20)16-9-6-13(2)10-15(16)17/h4-10H,11H2,1-3H3. The van der Waals surface area contributed by atoms with Gasteiger partial charge in [-0.1, -0.05) is 35.9 Å². The summed E-state index contributed by atoms with van der Waals surface area (Å²) in [6, 6.07) is 13.1. The highest BCUT2D eigenvalue weighted by atomic mass is 79.9. The molecular weight excluding hydrogens is 350 g/mol. The molecular formula is C16H18BrNO2S. The second-order valence-electron chi connectivity index (χ2n) is 5.18. The van der Waals surface area contributed by atoms with Crippen LogP contribution in [0, 0.1) is 13.8 Å². The third-order valence-corrected chi connectivity index (χ3v) is 6.08. The van der Waals surface area contributed by atoms with Crippen LogP contribution in [0.1, 0.15) is 16.7 Å². The molecule has 0 unspecified atom stereocenters. The van der Waals surface area contributed by atoms with Crippen molar-refractivity contribution in [3.05, 3.63) is 63.6 Å². The van der Waals surface area contributed by atoms with Gasteiger partial charge in [-0.15, -0.1) is 0 Å². The molecule has 3 nitrogen and oxygen atoms in total. The first-order valence-corrected chi connectivity index (χ1v) is 8.82. The molecule has 0 spiro atoms. The molecule has 0 saturated carbocycles. The van der Waals surface area contributed by atoms with E-state index in [4.69, 9.17) is 0 Å². The quantitative estimate of drug-likeness (QED) is 0.821. The Hall–Kier alpha value is -1.17. The second kappa shape index (κ2) is 6.30. The molecule has 0 radical (unpaired) electrons. The topological polar surface area (TPSA) is 37.4 Å². The van der Waals surface area contributed by atoms with Crippen molar-refractivity contribution in [3.63, 3.8) is 0 Å². The Bertz CT molecular complexity index is 739. The highest BCUT2D eigenvalue weighted by Crippen LogP contribution is 2.26. The summed E-state index contributed by atoms with van der Waals surface area (Å²) in [5.74, 6) is 0. The second-order valence-corrected chi connectivity index (χ2v) is 8.05. The molecule has 5 heteroatoms. The van der Waals surface area contributed by atoms with Crippen molar-refractivity contribution in [1.29, 1.82) is 0 Å². The smallest absolute Gasteiger partial charge is 0.207 e. The minimum Gasteiger partial charge on any atom is -0.207 e. The Kier molecular flexibility index (Phi) is 4.86. The lowest BCUT2D eigenvalue weighted by Gasteiger charge is -2.18. The van der Waals surface area contributed by atoms with Gasteiger partial charge in [0.2, 0.25) is 10.0 Å². The fourth-order valence-corrected chi connectivity index (χ4v) is 4.33. The van der Waals surface area contributed by atoms with Crippen molar-refractivity contribution >= 4 is 26.0 Å². The highest BCUT2D eigenvalue weighted by molar-refractivity contribution is 9.10. The van der Waals surface area contributed by atoms with Gasteiger partial charge in [-0.2, -0.15) is 4.31 Å². The molecule has 0 aliphatic carbocycles. The molecule has 2 rings (SSSR count). The zero-order chi connectivity index (χ0) is 15.6. The number of hydrogen-bond donors (Lipinski definition) is 0. The van der Waals surface area contributed by atoms with Gasteiger partial charge < -0.3 is 0 Å². The van der Waals surface area contributed by atoms with E-state index in [0.717, 1.165) is 16.7 Å². The van der Waals surface area contributed by atoms with E-state index in [-0.39, 0.29) is 0 Å². The molecule has 21 heavy (non-hydrogen) atoms. The maximum absolute atomic E-state index is 12.6. The summed E-state index contributed by atoms with van der Waals surface area (Å²) < 4.78 is 27.2. The van der Waals surface area contributed by atoms with Gasteiger partial charge in [0.1, 0.15) is 0 Å². The molecule has 0 atom stereocenters. The first kappa shape index (κ1) is 16.2. The normalized spacial score (nSPS) is 11.9. The first-order chi connectivity index (χ1) is 9.80. The number of aryl methyl sites for hydroxylation is 2. The van der Waals surface area contributed by atoms with Crippen LogP contribution in [-0.2, 0) is 16.6 Å². The van der Waals surface area contributed by atoms with Crippen molar-refractivity contribution < 1.29 is 8.42 Å². The van der Waals surface area contributed by atoms with Crippen LogP contribution >= 0.6 is 15.9 Å². The predicted octanol–water partition coefficient (Wildman–Crippen LogP) is 3.89. The largest absolute Gasteiger partial charge is 0.244 e. The molecule has 0 aromatic heterocycles. The predicted molar refractivity (Wildman–Crippen MR) is 88.7 cm³/mol. The summed E-state index contributed by atoms with van der Waals surface area (Å²) in [6.07, 6.45) is 0. The van der Waals surface area contributed by atoms with Crippen LogP contribution in [0.4, 0.5) is 0 Å². The van der Waals surface area contributed by atoms with Crippen LogP contribution in [0.15, 0.2) is 51.8 Å². The molecule has 0 saturated heterocycles. The van der Waals surface area contributed by atoms with Gasteiger partial charge in [-0.25, -0.2) is 8.42 Å². The molecule has 0 heterocycles. The van der Waals surface area contributed by atoms with E-state index in [1.165, 1.54) is 4.31 Å². The molecule has 2 aromatic carbocycles. The number of halogens is 1. The molecule has 0 bridgehead atoms. The van der Waals surface area contributed by atoms with Gasteiger partial charge in [0, 0.05) is 18.1 Å². The third kappa shape index (κ3) is 3.73. The molecule has 0 amide bonds. The summed E-state index contributed by atoms with van der Waals surface area (Å²) in [4.78, 5) is 0.294. The van der Waals surface area contributed by atoms with Crippen molar-refractivity contribution in [2.45, 2.75) is 25.3 Å². The van der Waals surface area contributed by atoms with Gasteiger partial charge in [-0.05, 0) is 53.0 Å². The van der Waals surface area contributed by atoms with Crippen molar-refractivity contribution in [1.82, 2.24) is 4.31 Å². The number of benzene rings is 2. The van der Waals surface area contributed by atoms with E-state index in [1.54, 1.807) is 19.2 Å². The average Bonchev–Trinajstić information content (AvgIpc) is 2.40. The highest BCUT2D eigenvalue weighted by Gasteiger charge is 2.23. The average molecular weight is 368 g/mol. The van der Waals surface area contributed by atoms with Crippen molar-refractivity contribution in [2.24, 2.45) is 0 Å². The van der Waals surface area contributed by atoms with Crippen molar-refractivity contribution in [2.75, 3.05) is 7.05 Å². The third-order valence-electron chi connectivity index (χ3n) is 3.30. The SMILES string of the molecule is Cc1ccc(CN(C)S(=O)(=O)c2ccc(C)cc2Br)cc1. The zero-order valence-corrected chi connectivity index (χ0v) is 14.7. The molecule has 0 aliphatic heterocycles. The summed E-state index contributed by atoms with van der Waals surface area (Å²) in [5, 5.41) is 0. The van der Waals surface area contributed by atoms with Crippen LogP contribution in [0.3, 0.4) is 0 Å². The lowest BCUT2D eigenvalue weighted by atomic mass is 10.1. The van der Waals surface area contributed by atoms with E-state index in [2.05, 4.69) is 15.9 Å². The monoisotopic (exact) mass is 367 g/mol. The van der Waals surface area contributed by atoms with Crippen LogP contribution < -0.4 is 0 Å². The van der Waals surface area contributed by atoms with E-state index < -0.39 is 10.0 Å². The lowest BCUT2D eigenvalue weighted by molar-refractivity contribution is 0.466. The number of hydrogen-bond acceptors (Lipinski definition) is 2. The first-order valence-electron chi connectivity index (χ1n) is 6.59. The van der Waals surface area contributed by atoms with Crippen molar-refractivity contribution in [3.8, 4) is 0 Å². The summed E-state index contributed by atoms with van der Waals surface area (Å²) in [6.45, 7) is 4.29. The molecule has 0 N–H and O–H groups in total.